The maximum absolute atomic E-state index is 11.8. The molecule has 12 heterocycles. The molecule has 28 rings (SSSR count). The summed E-state index contributed by atoms with van der Waals surface area (Å²) in [7, 11) is 0. The van der Waals surface area contributed by atoms with Crippen LogP contribution in [0.4, 0.5) is 0 Å². The summed E-state index contributed by atoms with van der Waals surface area (Å²) in [5.74, 6) is 1.86. The molecule has 21 aromatic rings. The molecule has 142 heavy (non-hydrogen) atoms. The fraction of sp³-hybridized carbons (Fsp3) is 0.135. The predicted octanol–water partition coefficient (Wildman–Crippen LogP) is 29.2. The van der Waals surface area contributed by atoms with Crippen LogP contribution in [0.1, 0.15) is 111 Å². The molecule has 0 N–H and O–H groups in total. The number of carbonyl (C=O) groups excluding carboxylic acids is 1. The summed E-state index contributed by atoms with van der Waals surface area (Å²) in [6.45, 7) is 2.47. The maximum atomic E-state index is 11.8. The average molecular weight is 1860 g/mol. The molecule has 15 nitrogen and oxygen atoms in total. The number of rotatable bonds is 12. The van der Waals surface area contributed by atoms with Crippen molar-refractivity contribution in [2.75, 3.05) is 6.79 Å². The van der Waals surface area contributed by atoms with Gasteiger partial charge in [-0.1, -0.05) is 152 Å². The van der Waals surface area contributed by atoms with Gasteiger partial charge in [0, 0.05) is 165 Å². The highest BCUT2D eigenvalue weighted by Gasteiger charge is 2.26. The number of pyridine rings is 9. The first kappa shape index (κ1) is 89.0. The number of thiazole rings is 1. The third-order valence-corrected chi connectivity index (χ3v) is 28.9. The van der Waals surface area contributed by atoms with E-state index in [1.807, 2.05) is 152 Å². The first-order chi connectivity index (χ1) is 70.2. The van der Waals surface area contributed by atoms with Crippen LogP contribution in [0.5, 0.6) is 11.5 Å². The second kappa shape index (κ2) is 40.6. The standard InChI is InChI=1S/C23H18N2.C22H17N3.C21H16N2S.C21H17NO2.C20H16N2.C19H14N2O/c1-2-9-22-20(7-1)19(12-14-24-22)21-8-4-13-25-23(21)18-11-10-16-5-3-6-17(16)15-18;1-3-15-6-7-18(13-16(15)4-1)22-19(5-2-10-25-22)17-8-9-20-21(14-17)24-12-11-23-20;2*1-3-14-6-7-17(11-15(14)4-1)21-18(5-2-10-22-21)16-8-9-19-20(12-16)24-13-23-19;1-14-4-5-16-13-17(6-7-18(14)16)20-19(3-2-10-22-20)15-8-11-21-12-9-15;22-18-6-4-14-12-15(3-5-16(14)18)19-17(2-1-9-21-19)13-7-10-20-11-8-13/h1-2,4,7-15H,3,5-6H2;2,5-14H,1,3-4H2;2,5-13H,1,3-4H2;2,5-12H,1,3-4,13H2;2-4,6-13H,5H2,1H3;1-3,5,7-12H,4,6H2. The van der Waals surface area contributed by atoms with E-state index in [-0.39, 0.29) is 5.78 Å². The van der Waals surface area contributed by atoms with Gasteiger partial charge in [0.25, 0.3) is 0 Å². The lowest BCUT2D eigenvalue weighted by molar-refractivity contribution is 0.0994. The number of ether oxygens (including phenoxy) is 2. The number of hydrogen-bond donors (Lipinski definition) is 0. The van der Waals surface area contributed by atoms with Gasteiger partial charge in [-0.05, 0) is 343 Å². The van der Waals surface area contributed by atoms with Gasteiger partial charge < -0.3 is 9.47 Å². The third-order valence-electron chi connectivity index (χ3n) is 28.1. The first-order valence-electron chi connectivity index (χ1n) is 49.0. The summed E-state index contributed by atoms with van der Waals surface area (Å²) in [6.07, 6.45) is 43.1. The Kier molecular flexibility index (Phi) is 25.5. The summed E-state index contributed by atoms with van der Waals surface area (Å²) in [6, 6.07) is 102. The molecule has 0 unspecified atom stereocenters. The zero-order valence-electron chi connectivity index (χ0n) is 78.7. The Labute approximate surface area is 829 Å². The van der Waals surface area contributed by atoms with Crippen LogP contribution in [0.3, 0.4) is 0 Å². The highest BCUT2D eigenvalue weighted by molar-refractivity contribution is 7.16. The Morgan fingerprint density at radius 1 is 0.239 bits per heavy atom. The van der Waals surface area contributed by atoms with Crippen molar-refractivity contribution in [3.63, 3.8) is 0 Å². The number of carbonyl (C=O) groups is 1. The van der Waals surface area contributed by atoms with Crippen molar-refractivity contribution in [2.45, 2.75) is 103 Å². The van der Waals surface area contributed by atoms with E-state index in [1.54, 1.807) is 42.3 Å². The van der Waals surface area contributed by atoms with Crippen molar-refractivity contribution < 1.29 is 14.3 Å². The van der Waals surface area contributed by atoms with Gasteiger partial charge in [0.15, 0.2) is 17.3 Å². The van der Waals surface area contributed by atoms with Crippen LogP contribution in [0, 0.1) is 0 Å². The minimum absolute atomic E-state index is 0.247. The molecule has 0 fully saturated rings. The number of allylic oxidation sites excluding steroid dienone is 2. The van der Waals surface area contributed by atoms with Crippen molar-refractivity contribution in [3.8, 4) is 146 Å². The number of hydrogen-bond acceptors (Lipinski definition) is 16. The summed E-state index contributed by atoms with van der Waals surface area (Å²) < 4.78 is 12.2. The molecule has 0 radical (unpaired) electrons. The molecule has 11 aromatic heterocycles. The van der Waals surface area contributed by atoms with Gasteiger partial charge in [0.05, 0.1) is 66.4 Å². The molecule has 1 aliphatic heterocycles. The largest absolute Gasteiger partial charge is 0.454 e. The van der Waals surface area contributed by atoms with Crippen LogP contribution >= 0.6 is 11.3 Å². The van der Waals surface area contributed by atoms with Crippen LogP contribution in [-0.2, 0) is 64.2 Å². The molecule has 0 saturated heterocycles. The molecule has 6 aliphatic carbocycles. The molecule has 10 aromatic carbocycles. The first-order valence-corrected chi connectivity index (χ1v) is 49.8. The van der Waals surface area contributed by atoms with Gasteiger partial charge >= 0.3 is 0 Å². The zero-order chi connectivity index (χ0) is 95.0. The van der Waals surface area contributed by atoms with Gasteiger partial charge in [-0.25, -0.2) is 4.98 Å². The van der Waals surface area contributed by atoms with Crippen molar-refractivity contribution in [3.05, 3.63) is 450 Å². The lowest BCUT2D eigenvalue weighted by atomic mass is 9.95. The smallest absolute Gasteiger partial charge is 0.231 e. The van der Waals surface area contributed by atoms with Gasteiger partial charge in [-0.15, -0.1) is 11.3 Å². The van der Waals surface area contributed by atoms with Crippen molar-refractivity contribution >= 4 is 54.8 Å². The van der Waals surface area contributed by atoms with Crippen LogP contribution < -0.4 is 9.47 Å². The van der Waals surface area contributed by atoms with Crippen LogP contribution in [-0.4, -0.2) is 72.4 Å². The topological polar surface area (TPSA) is 190 Å². The highest BCUT2D eigenvalue weighted by Crippen LogP contribution is 2.45. The summed E-state index contributed by atoms with van der Waals surface area (Å²) in [5, 5.41) is 1.17. The van der Waals surface area contributed by atoms with E-state index < -0.39 is 0 Å². The monoisotopic (exact) mass is 1860 g/mol. The summed E-state index contributed by atoms with van der Waals surface area (Å²) in [5.41, 5.74) is 50.6. The average Bonchev–Trinajstić information content (AvgIpc) is 1.45. The number of aryl methyl sites for hydroxylation is 9. The van der Waals surface area contributed by atoms with Crippen LogP contribution in [0.2, 0.25) is 0 Å². The fourth-order valence-electron chi connectivity index (χ4n) is 21.0. The Bertz CT molecular complexity index is 8290. The molecule has 0 amide bonds. The minimum atomic E-state index is 0.247. The van der Waals surface area contributed by atoms with Crippen LogP contribution in [0.25, 0.3) is 172 Å². The molecule has 0 atom stereocenters. The number of Topliss-reactive ketones (excluding diaryl/α,β-unsaturated/α-hetero) is 1. The molecule has 0 saturated carbocycles. The Hall–Kier alpha value is -17.0. The molecule has 0 spiro atoms. The predicted molar refractivity (Wildman–Crippen MR) is 572 cm³/mol. The minimum Gasteiger partial charge on any atom is -0.454 e. The molecule has 16 heteroatoms. The highest BCUT2D eigenvalue weighted by atomic mass is 32.1. The van der Waals surface area contributed by atoms with E-state index >= 15 is 0 Å². The fourth-order valence-corrected chi connectivity index (χ4v) is 21.7. The molecular formula is C126H98N12O3S. The lowest BCUT2D eigenvalue weighted by Gasteiger charge is -2.12. The SMILES string of the molecule is CC1=CCc2cc(-c3ncccc3-c3ccncc3)ccc21.O=C1CCc2cc(-c3ncccc3-c3ccncc3)ccc21.c1cnc(-c2ccc3c(c2)CCC3)c(-c2ccc3c(c2)OCO3)c1.c1cnc(-c2ccc3c(c2)CCC3)c(-c2ccc3nccnc3c2)c1.c1cnc(-c2ccc3c(c2)CCC3)c(-c2ccc3ncsc3c2)c1.c1cnc(-c2ccc3c(c2)CCC3)c(-c2ccnc3ccccc23)c1. The summed E-state index contributed by atoms with van der Waals surface area (Å²) >= 11 is 1.68. The van der Waals surface area contributed by atoms with E-state index in [0.29, 0.717) is 13.2 Å². The number of para-hydroxylation sites is 1. The zero-order valence-corrected chi connectivity index (χ0v) is 79.5. The van der Waals surface area contributed by atoms with Crippen molar-refractivity contribution in [1.29, 1.82) is 0 Å². The van der Waals surface area contributed by atoms with E-state index in [4.69, 9.17) is 24.4 Å². The van der Waals surface area contributed by atoms with E-state index in [0.717, 1.165) is 142 Å². The Morgan fingerprint density at radius 2 is 0.641 bits per heavy atom. The van der Waals surface area contributed by atoms with Gasteiger partial charge in [0.2, 0.25) is 6.79 Å². The molecular weight excluding hydrogens is 1760 g/mol. The Balaban J connectivity index is 0.0000000948. The van der Waals surface area contributed by atoms with E-state index in [9.17, 15) is 4.79 Å². The van der Waals surface area contributed by atoms with Crippen molar-refractivity contribution in [2.24, 2.45) is 0 Å². The quantitative estimate of drug-likeness (QED) is 0.112. The number of ketones is 1. The number of aromatic nitrogens is 12. The second-order valence-corrected chi connectivity index (χ2v) is 37.6. The van der Waals surface area contributed by atoms with Gasteiger partial charge in [-0.2, -0.15) is 0 Å². The number of nitrogens with zero attached hydrogens (tertiary/aromatic N) is 12. The Morgan fingerprint density at radius 3 is 1.16 bits per heavy atom. The third kappa shape index (κ3) is 18.8. The normalized spacial score (nSPS) is 13.4. The summed E-state index contributed by atoms with van der Waals surface area (Å²) in [4.78, 5) is 65.6. The molecule has 0 bridgehead atoms. The molecule has 7 aliphatic rings. The molecule has 686 valence electrons. The second-order valence-electron chi connectivity index (χ2n) is 36.7. The van der Waals surface area contributed by atoms with Crippen molar-refractivity contribution in [1.82, 2.24) is 59.8 Å². The van der Waals surface area contributed by atoms with Gasteiger partial charge in [-0.3, -0.25) is 59.6 Å². The van der Waals surface area contributed by atoms with E-state index in [1.165, 1.54) is 198 Å². The van der Waals surface area contributed by atoms with E-state index in [2.05, 4.69) is 252 Å². The number of fused-ring (bicyclic) bond motifs is 10. The number of benzene rings is 10. The maximum Gasteiger partial charge on any atom is 0.231 e. The lowest BCUT2D eigenvalue weighted by Crippen LogP contribution is -1.93. The van der Waals surface area contributed by atoms with Crippen LogP contribution in [0.15, 0.2) is 383 Å². The van der Waals surface area contributed by atoms with Gasteiger partial charge in [0.1, 0.15) is 0 Å².